The number of carbonyl (C=O) groups is 1. The van der Waals surface area contributed by atoms with Crippen LogP contribution in [0.15, 0.2) is 66.9 Å². The number of hydrogen-bond donors (Lipinski definition) is 2. The number of benzene rings is 1. The minimum atomic E-state index is -0.123. The number of fused-ring (bicyclic) bond motifs is 1. The SMILES string of the molecule is CC1CN(c2cccc(-c3ccc4cnc(CNC(=O)c5ccc(CCCS)cc5)cc4n3)n2)CC(C)O1. The standard InChI is InChI=1S/C30H33N5O2S/c1-20-18-35(19-21(2)37-20)29-7-3-6-26(34-29)27-13-12-24-16-31-25(15-28(24)33-27)17-32-30(36)23-10-8-22(9-11-23)5-4-14-38/h3,6-13,15-16,20-21,38H,4-5,14,17-19H2,1-2H3,(H,32,36). The van der Waals surface area contributed by atoms with E-state index < -0.39 is 0 Å². The van der Waals surface area contributed by atoms with Crippen LogP contribution in [0.4, 0.5) is 5.82 Å². The maximum absolute atomic E-state index is 12.7. The average Bonchev–Trinajstić information content (AvgIpc) is 2.94. The molecule has 0 spiro atoms. The summed E-state index contributed by atoms with van der Waals surface area (Å²) in [6.07, 6.45) is 4.11. The van der Waals surface area contributed by atoms with Gasteiger partial charge in [-0.15, -0.1) is 0 Å². The summed E-state index contributed by atoms with van der Waals surface area (Å²) >= 11 is 4.26. The van der Waals surface area contributed by atoms with Gasteiger partial charge in [0.1, 0.15) is 5.82 Å². The molecule has 1 aromatic carbocycles. The number of nitrogens with zero attached hydrogens (tertiary/aromatic N) is 4. The molecular formula is C30H33N5O2S. The highest BCUT2D eigenvalue weighted by molar-refractivity contribution is 7.80. The summed E-state index contributed by atoms with van der Waals surface area (Å²) in [4.78, 5) is 29.2. The van der Waals surface area contributed by atoms with Crippen molar-refractivity contribution in [2.75, 3.05) is 23.7 Å². The molecule has 4 heterocycles. The second-order valence-corrected chi connectivity index (χ2v) is 10.3. The van der Waals surface area contributed by atoms with Crippen molar-refractivity contribution in [2.24, 2.45) is 0 Å². The Labute approximate surface area is 229 Å². The van der Waals surface area contributed by atoms with Crippen LogP contribution in [0.25, 0.3) is 22.3 Å². The van der Waals surface area contributed by atoms with E-state index in [-0.39, 0.29) is 18.1 Å². The predicted molar refractivity (Wildman–Crippen MR) is 155 cm³/mol. The van der Waals surface area contributed by atoms with Gasteiger partial charge in [-0.3, -0.25) is 9.78 Å². The molecular weight excluding hydrogens is 494 g/mol. The quantitative estimate of drug-likeness (QED) is 0.311. The molecule has 5 rings (SSSR count). The molecule has 0 aliphatic carbocycles. The number of carbonyl (C=O) groups excluding carboxylic acids is 1. The van der Waals surface area contributed by atoms with Crippen molar-refractivity contribution >= 4 is 35.3 Å². The Bertz CT molecular complexity index is 1400. The molecule has 38 heavy (non-hydrogen) atoms. The highest BCUT2D eigenvalue weighted by atomic mass is 32.1. The number of thiol groups is 1. The highest BCUT2D eigenvalue weighted by Crippen LogP contribution is 2.24. The van der Waals surface area contributed by atoms with Gasteiger partial charge in [0.05, 0.1) is 41.4 Å². The first-order valence-corrected chi connectivity index (χ1v) is 13.7. The predicted octanol–water partition coefficient (Wildman–Crippen LogP) is 5.10. The number of nitrogens with one attached hydrogen (secondary N) is 1. The van der Waals surface area contributed by atoms with Crippen LogP contribution in [0.2, 0.25) is 0 Å². The van der Waals surface area contributed by atoms with E-state index in [2.05, 4.69) is 41.7 Å². The molecule has 4 aromatic rings. The molecule has 3 aromatic heterocycles. The lowest BCUT2D eigenvalue weighted by atomic mass is 10.1. The summed E-state index contributed by atoms with van der Waals surface area (Å²) in [6.45, 7) is 6.13. The molecule has 0 radical (unpaired) electrons. The fourth-order valence-corrected chi connectivity index (χ4v) is 4.94. The normalized spacial score (nSPS) is 17.5. The van der Waals surface area contributed by atoms with Gasteiger partial charge in [-0.2, -0.15) is 12.6 Å². The maximum Gasteiger partial charge on any atom is 0.251 e. The van der Waals surface area contributed by atoms with Crippen LogP contribution < -0.4 is 10.2 Å². The first-order valence-electron chi connectivity index (χ1n) is 13.1. The third kappa shape index (κ3) is 6.31. The van der Waals surface area contributed by atoms with Gasteiger partial charge in [0.25, 0.3) is 5.91 Å². The van der Waals surface area contributed by atoms with Crippen molar-refractivity contribution in [2.45, 2.75) is 45.4 Å². The summed E-state index contributed by atoms with van der Waals surface area (Å²) in [6, 6.07) is 19.7. The van der Waals surface area contributed by atoms with Gasteiger partial charge in [0.15, 0.2) is 0 Å². The molecule has 2 unspecified atom stereocenters. The van der Waals surface area contributed by atoms with Crippen molar-refractivity contribution in [1.82, 2.24) is 20.3 Å². The number of rotatable bonds is 8. The highest BCUT2D eigenvalue weighted by Gasteiger charge is 2.23. The van der Waals surface area contributed by atoms with Gasteiger partial charge in [0, 0.05) is 30.2 Å². The van der Waals surface area contributed by atoms with E-state index >= 15 is 0 Å². The third-order valence-corrected chi connectivity index (χ3v) is 6.96. The van der Waals surface area contributed by atoms with Crippen LogP contribution in [-0.4, -0.2) is 51.9 Å². The number of morpholine rings is 1. The van der Waals surface area contributed by atoms with E-state index in [1.165, 1.54) is 5.56 Å². The van der Waals surface area contributed by atoms with Gasteiger partial charge in [-0.25, -0.2) is 9.97 Å². The number of ether oxygens (including phenoxy) is 1. The van der Waals surface area contributed by atoms with Crippen LogP contribution in [0, 0.1) is 0 Å². The van der Waals surface area contributed by atoms with Crippen molar-refractivity contribution in [3.05, 3.63) is 83.7 Å². The van der Waals surface area contributed by atoms with Crippen molar-refractivity contribution in [3.8, 4) is 11.4 Å². The lowest BCUT2D eigenvalue weighted by Gasteiger charge is -2.36. The van der Waals surface area contributed by atoms with E-state index in [1.54, 1.807) is 6.20 Å². The Hall–Kier alpha value is -3.49. The average molecular weight is 528 g/mol. The zero-order chi connectivity index (χ0) is 26.5. The first kappa shape index (κ1) is 26.1. The van der Waals surface area contributed by atoms with Gasteiger partial charge < -0.3 is 15.0 Å². The van der Waals surface area contributed by atoms with E-state index in [4.69, 9.17) is 14.7 Å². The number of aromatic nitrogens is 3. The number of aryl methyl sites for hydroxylation is 1. The summed E-state index contributed by atoms with van der Waals surface area (Å²) < 4.78 is 5.87. The lowest BCUT2D eigenvalue weighted by Crippen LogP contribution is -2.45. The smallest absolute Gasteiger partial charge is 0.251 e. The molecule has 1 aliphatic rings. The Morgan fingerprint density at radius 3 is 2.55 bits per heavy atom. The van der Waals surface area contributed by atoms with Crippen LogP contribution >= 0.6 is 12.6 Å². The number of anilines is 1. The zero-order valence-electron chi connectivity index (χ0n) is 21.8. The maximum atomic E-state index is 12.7. The third-order valence-electron chi connectivity index (χ3n) is 6.64. The van der Waals surface area contributed by atoms with Crippen LogP contribution in [0.1, 0.15) is 41.9 Å². The van der Waals surface area contributed by atoms with Crippen molar-refractivity contribution < 1.29 is 9.53 Å². The number of hydrogen-bond acceptors (Lipinski definition) is 7. The molecule has 1 fully saturated rings. The molecule has 196 valence electrons. The Morgan fingerprint density at radius 2 is 1.79 bits per heavy atom. The molecule has 1 amide bonds. The molecule has 7 nitrogen and oxygen atoms in total. The zero-order valence-corrected chi connectivity index (χ0v) is 22.7. The first-order chi connectivity index (χ1) is 18.5. The molecule has 0 saturated carbocycles. The summed E-state index contributed by atoms with van der Waals surface area (Å²) in [5, 5.41) is 3.91. The van der Waals surface area contributed by atoms with E-state index in [9.17, 15) is 4.79 Å². The van der Waals surface area contributed by atoms with Crippen molar-refractivity contribution in [1.29, 1.82) is 0 Å². The van der Waals surface area contributed by atoms with Gasteiger partial charge in [-0.1, -0.05) is 18.2 Å². The fraction of sp³-hybridized carbons (Fsp3) is 0.333. The Balaban J connectivity index is 1.29. The molecule has 8 heteroatoms. The largest absolute Gasteiger partial charge is 0.372 e. The summed E-state index contributed by atoms with van der Waals surface area (Å²) in [7, 11) is 0. The molecule has 2 atom stereocenters. The Kier molecular flexibility index (Phi) is 8.20. The van der Waals surface area contributed by atoms with E-state index in [0.29, 0.717) is 12.1 Å². The lowest BCUT2D eigenvalue weighted by molar-refractivity contribution is -0.00545. The van der Waals surface area contributed by atoms with Gasteiger partial charge >= 0.3 is 0 Å². The molecule has 0 bridgehead atoms. The fourth-order valence-electron chi connectivity index (χ4n) is 4.78. The minimum Gasteiger partial charge on any atom is -0.372 e. The Morgan fingerprint density at radius 1 is 1.03 bits per heavy atom. The van der Waals surface area contributed by atoms with Crippen LogP contribution in [0.3, 0.4) is 0 Å². The second-order valence-electron chi connectivity index (χ2n) is 9.81. The molecule has 1 aliphatic heterocycles. The number of amides is 1. The minimum absolute atomic E-state index is 0.123. The van der Waals surface area contributed by atoms with Gasteiger partial charge in [0.2, 0.25) is 0 Å². The van der Waals surface area contributed by atoms with Crippen LogP contribution in [0.5, 0.6) is 0 Å². The molecule has 1 N–H and O–H groups in total. The summed E-state index contributed by atoms with van der Waals surface area (Å²) in [5.41, 5.74) is 5.03. The molecule has 1 saturated heterocycles. The monoisotopic (exact) mass is 527 g/mol. The number of pyridine rings is 3. The summed E-state index contributed by atoms with van der Waals surface area (Å²) in [5.74, 6) is 1.66. The topological polar surface area (TPSA) is 80.2 Å². The van der Waals surface area contributed by atoms with Crippen LogP contribution in [-0.2, 0) is 17.7 Å². The van der Waals surface area contributed by atoms with Crippen molar-refractivity contribution in [3.63, 3.8) is 0 Å². The van der Waals surface area contributed by atoms with E-state index in [1.807, 2.05) is 60.7 Å². The second kappa shape index (κ2) is 11.9. The van der Waals surface area contributed by atoms with E-state index in [0.717, 1.165) is 65.5 Å². The van der Waals surface area contributed by atoms with Gasteiger partial charge in [-0.05, 0) is 80.5 Å².